The van der Waals surface area contributed by atoms with Crippen LogP contribution < -0.4 is 10.6 Å². The number of nitrogens with zero attached hydrogens (tertiary/aromatic N) is 3. The highest BCUT2D eigenvalue weighted by Gasteiger charge is 2.06. The van der Waals surface area contributed by atoms with E-state index in [-0.39, 0.29) is 0 Å². The number of para-hydroxylation sites is 1. The van der Waals surface area contributed by atoms with E-state index in [1.54, 1.807) is 18.2 Å². The molecular formula is C18H14ClN5. The highest BCUT2D eigenvalue weighted by Crippen LogP contribution is 2.22. The molecule has 0 bridgehead atoms. The van der Waals surface area contributed by atoms with Crippen molar-refractivity contribution in [2.45, 2.75) is 6.92 Å². The fourth-order valence-electron chi connectivity index (χ4n) is 2.18. The lowest BCUT2D eigenvalue weighted by Crippen LogP contribution is -2.03. The molecule has 3 rings (SSSR count). The third kappa shape index (κ3) is 3.80. The average Bonchev–Trinajstić information content (AvgIpc) is 2.57. The van der Waals surface area contributed by atoms with Crippen molar-refractivity contribution in [2.75, 3.05) is 10.6 Å². The number of halogens is 1. The summed E-state index contributed by atoms with van der Waals surface area (Å²) in [6.07, 6.45) is 0. The van der Waals surface area contributed by atoms with E-state index >= 15 is 0 Å². The molecule has 2 N–H and O–H groups in total. The fourth-order valence-corrected chi connectivity index (χ4v) is 2.30. The summed E-state index contributed by atoms with van der Waals surface area (Å²) >= 11 is 5.89. The van der Waals surface area contributed by atoms with Gasteiger partial charge in [0.2, 0.25) is 5.95 Å². The molecule has 0 spiro atoms. The van der Waals surface area contributed by atoms with Crippen LogP contribution in [0.15, 0.2) is 54.6 Å². The zero-order valence-corrected chi connectivity index (χ0v) is 13.7. The zero-order chi connectivity index (χ0) is 16.9. The Labute approximate surface area is 145 Å². The SMILES string of the molecule is Cc1cc(Nc2ccccc2C#N)nc(Nc2ccc(Cl)cc2)n1. The molecule has 2 aromatic carbocycles. The van der Waals surface area contributed by atoms with Crippen molar-refractivity contribution in [2.24, 2.45) is 0 Å². The van der Waals surface area contributed by atoms with Gasteiger partial charge in [-0.15, -0.1) is 0 Å². The molecule has 0 fully saturated rings. The van der Waals surface area contributed by atoms with Crippen LogP contribution >= 0.6 is 11.6 Å². The van der Waals surface area contributed by atoms with Gasteiger partial charge in [0.05, 0.1) is 11.3 Å². The molecule has 0 aliphatic carbocycles. The zero-order valence-electron chi connectivity index (χ0n) is 12.9. The molecule has 6 heteroatoms. The third-order valence-electron chi connectivity index (χ3n) is 3.26. The second-order valence-corrected chi connectivity index (χ2v) is 5.57. The van der Waals surface area contributed by atoms with E-state index in [9.17, 15) is 5.26 Å². The van der Waals surface area contributed by atoms with Gasteiger partial charge < -0.3 is 10.6 Å². The van der Waals surface area contributed by atoms with E-state index < -0.39 is 0 Å². The summed E-state index contributed by atoms with van der Waals surface area (Å²) in [4.78, 5) is 8.82. The number of anilines is 4. The van der Waals surface area contributed by atoms with Crippen LogP contribution in [-0.2, 0) is 0 Å². The first-order valence-electron chi connectivity index (χ1n) is 7.28. The molecule has 0 amide bonds. The van der Waals surface area contributed by atoms with Crippen molar-refractivity contribution in [3.63, 3.8) is 0 Å². The second kappa shape index (κ2) is 6.99. The minimum Gasteiger partial charge on any atom is -0.339 e. The summed E-state index contributed by atoms with van der Waals surface area (Å²) < 4.78 is 0. The van der Waals surface area contributed by atoms with Crippen molar-refractivity contribution >= 4 is 34.7 Å². The molecule has 0 radical (unpaired) electrons. The van der Waals surface area contributed by atoms with E-state index in [1.807, 2.05) is 43.3 Å². The molecule has 1 heterocycles. The predicted octanol–water partition coefficient (Wildman–Crippen LogP) is 4.80. The van der Waals surface area contributed by atoms with Crippen LogP contribution in [0, 0.1) is 18.3 Å². The third-order valence-corrected chi connectivity index (χ3v) is 3.52. The number of nitriles is 1. The maximum atomic E-state index is 9.18. The smallest absolute Gasteiger partial charge is 0.229 e. The van der Waals surface area contributed by atoms with Gasteiger partial charge in [0.15, 0.2) is 0 Å². The van der Waals surface area contributed by atoms with Crippen molar-refractivity contribution in [1.29, 1.82) is 5.26 Å². The Bertz CT molecular complexity index is 900. The lowest BCUT2D eigenvalue weighted by Gasteiger charge is -2.11. The van der Waals surface area contributed by atoms with Gasteiger partial charge in [-0.3, -0.25) is 0 Å². The van der Waals surface area contributed by atoms with Crippen LogP contribution in [0.2, 0.25) is 5.02 Å². The minimum atomic E-state index is 0.467. The van der Waals surface area contributed by atoms with Gasteiger partial charge >= 0.3 is 0 Å². The number of nitrogens with one attached hydrogen (secondary N) is 2. The van der Waals surface area contributed by atoms with E-state index in [1.165, 1.54) is 0 Å². The Morgan fingerprint density at radius 3 is 2.50 bits per heavy atom. The largest absolute Gasteiger partial charge is 0.339 e. The number of hydrogen-bond acceptors (Lipinski definition) is 5. The average molecular weight is 336 g/mol. The van der Waals surface area contributed by atoms with Crippen LogP contribution in [0.25, 0.3) is 0 Å². The molecule has 0 unspecified atom stereocenters. The summed E-state index contributed by atoms with van der Waals surface area (Å²) in [5.41, 5.74) is 2.91. The molecule has 0 atom stereocenters. The van der Waals surface area contributed by atoms with Gasteiger partial charge in [0.1, 0.15) is 11.9 Å². The number of aromatic nitrogens is 2. The molecule has 0 saturated carbocycles. The maximum absolute atomic E-state index is 9.18. The van der Waals surface area contributed by atoms with Gasteiger partial charge in [-0.25, -0.2) is 4.98 Å². The predicted molar refractivity (Wildman–Crippen MR) is 95.9 cm³/mol. The van der Waals surface area contributed by atoms with E-state index in [4.69, 9.17) is 11.6 Å². The Hall–Kier alpha value is -3.10. The van der Waals surface area contributed by atoms with Crippen LogP contribution in [0.3, 0.4) is 0 Å². The molecule has 0 aliphatic rings. The Morgan fingerprint density at radius 2 is 1.75 bits per heavy atom. The van der Waals surface area contributed by atoms with Crippen molar-refractivity contribution in [3.8, 4) is 6.07 Å². The van der Waals surface area contributed by atoms with Gasteiger partial charge in [-0.1, -0.05) is 23.7 Å². The summed E-state index contributed by atoms with van der Waals surface area (Å²) in [5, 5.41) is 16.2. The van der Waals surface area contributed by atoms with Crippen LogP contribution in [0.4, 0.5) is 23.1 Å². The fraction of sp³-hybridized carbons (Fsp3) is 0.0556. The summed E-state index contributed by atoms with van der Waals surface area (Å²) in [6, 6.07) is 18.5. The van der Waals surface area contributed by atoms with Gasteiger partial charge in [-0.2, -0.15) is 10.2 Å². The first kappa shape index (κ1) is 15.8. The van der Waals surface area contributed by atoms with E-state index in [0.717, 1.165) is 11.4 Å². The molecule has 1 aromatic heterocycles. The topological polar surface area (TPSA) is 73.6 Å². The van der Waals surface area contributed by atoms with Crippen LogP contribution in [0.5, 0.6) is 0 Å². The Kier molecular flexibility index (Phi) is 4.59. The highest BCUT2D eigenvalue weighted by atomic mass is 35.5. The van der Waals surface area contributed by atoms with E-state index in [0.29, 0.717) is 28.0 Å². The lowest BCUT2D eigenvalue weighted by molar-refractivity contribution is 1.11. The van der Waals surface area contributed by atoms with Gasteiger partial charge in [-0.05, 0) is 43.3 Å². The normalized spacial score (nSPS) is 10.0. The number of hydrogen-bond donors (Lipinski definition) is 2. The molecular weight excluding hydrogens is 322 g/mol. The minimum absolute atomic E-state index is 0.467. The highest BCUT2D eigenvalue weighted by molar-refractivity contribution is 6.30. The Balaban J connectivity index is 1.86. The van der Waals surface area contributed by atoms with Gasteiger partial charge in [0, 0.05) is 22.5 Å². The molecule has 5 nitrogen and oxygen atoms in total. The van der Waals surface area contributed by atoms with Gasteiger partial charge in [0.25, 0.3) is 0 Å². The van der Waals surface area contributed by atoms with Crippen molar-refractivity contribution < 1.29 is 0 Å². The molecule has 0 saturated heterocycles. The first-order chi connectivity index (χ1) is 11.6. The standard InChI is InChI=1S/C18H14ClN5/c1-12-10-17(23-16-5-3-2-4-13(16)11-20)24-18(21-12)22-15-8-6-14(19)7-9-15/h2-10H,1H3,(H2,21,22,23,24). The van der Waals surface area contributed by atoms with Crippen LogP contribution in [-0.4, -0.2) is 9.97 Å². The molecule has 0 aliphatic heterocycles. The second-order valence-electron chi connectivity index (χ2n) is 5.13. The lowest BCUT2D eigenvalue weighted by atomic mass is 10.2. The van der Waals surface area contributed by atoms with Crippen molar-refractivity contribution in [3.05, 3.63) is 70.9 Å². The molecule has 118 valence electrons. The van der Waals surface area contributed by atoms with Crippen LogP contribution in [0.1, 0.15) is 11.3 Å². The monoisotopic (exact) mass is 335 g/mol. The quantitative estimate of drug-likeness (QED) is 0.716. The summed E-state index contributed by atoms with van der Waals surface area (Å²) in [7, 11) is 0. The maximum Gasteiger partial charge on any atom is 0.229 e. The summed E-state index contributed by atoms with van der Waals surface area (Å²) in [6.45, 7) is 1.89. The first-order valence-corrected chi connectivity index (χ1v) is 7.66. The Morgan fingerprint density at radius 1 is 1.00 bits per heavy atom. The summed E-state index contributed by atoms with van der Waals surface area (Å²) in [5.74, 6) is 1.08. The molecule has 3 aromatic rings. The number of rotatable bonds is 4. The van der Waals surface area contributed by atoms with Crippen molar-refractivity contribution in [1.82, 2.24) is 9.97 Å². The molecule has 24 heavy (non-hydrogen) atoms. The van der Waals surface area contributed by atoms with E-state index in [2.05, 4.69) is 26.7 Å². The number of aryl methyl sites for hydroxylation is 1. The number of benzene rings is 2.